The minimum absolute atomic E-state index is 0.0411. The summed E-state index contributed by atoms with van der Waals surface area (Å²) in [5.41, 5.74) is -2.18. The zero-order valence-corrected chi connectivity index (χ0v) is 22.1. The van der Waals surface area contributed by atoms with Gasteiger partial charge in [0.2, 0.25) is 0 Å². The molecule has 10 nitrogen and oxygen atoms in total. The van der Waals surface area contributed by atoms with Gasteiger partial charge in [-0.15, -0.1) is 0 Å². The normalized spacial score (nSPS) is 52.1. The Kier molecular flexibility index (Phi) is 7.05. The van der Waals surface area contributed by atoms with Crippen molar-refractivity contribution in [3.8, 4) is 0 Å². The van der Waals surface area contributed by atoms with Crippen LogP contribution in [0.1, 0.15) is 46.5 Å². The average molecular weight is 537 g/mol. The molecule has 13 unspecified atom stereocenters. The van der Waals surface area contributed by atoms with Gasteiger partial charge in [0.25, 0.3) is 0 Å². The summed E-state index contributed by atoms with van der Waals surface area (Å²) in [6.45, 7) is 4.51. The van der Waals surface area contributed by atoms with E-state index in [2.05, 4.69) is 6.92 Å². The summed E-state index contributed by atoms with van der Waals surface area (Å²) in [4.78, 5) is 25.7. The minimum Gasteiger partial charge on any atom is -0.394 e. The molecule has 0 radical (unpaired) electrons. The molecular formula is C28H40O10. The van der Waals surface area contributed by atoms with Gasteiger partial charge in [0.05, 0.1) is 12.7 Å². The van der Waals surface area contributed by atoms with Crippen LogP contribution < -0.4 is 0 Å². The number of carbonyl (C=O) groups is 2. The second kappa shape index (κ2) is 9.55. The lowest BCUT2D eigenvalue weighted by Gasteiger charge is -2.59. The topological polar surface area (TPSA) is 174 Å². The summed E-state index contributed by atoms with van der Waals surface area (Å²) in [6.07, 6.45) is -0.877. The number of aliphatic hydroxyl groups excluding tert-OH is 5. The van der Waals surface area contributed by atoms with Crippen molar-refractivity contribution in [3.05, 3.63) is 23.8 Å². The van der Waals surface area contributed by atoms with Gasteiger partial charge in [-0.25, -0.2) is 0 Å². The molecule has 0 aromatic heterocycles. The van der Waals surface area contributed by atoms with Crippen molar-refractivity contribution in [3.63, 3.8) is 0 Å². The lowest BCUT2D eigenvalue weighted by atomic mass is 9.46. The predicted octanol–water partition coefficient (Wildman–Crippen LogP) is -0.372. The number of rotatable bonds is 5. The zero-order chi connectivity index (χ0) is 27.8. The average Bonchev–Trinajstić information content (AvgIpc) is 3.08. The molecule has 4 aliphatic carbocycles. The molecule has 1 saturated heterocycles. The largest absolute Gasteiger partial charge is 0.394 e. The Labute approximate surface area is 221 Å². The van der Waals surface area contributed by atoms with Crippen molar-refractivity contribution >= 4 is 11.6 Å². The third kappa shape index (κ3) is 3.83. The summed E-state index contributed by atoms with van der Waals surface area (Å²) >= 11 is 0. The molecule has 212 valence electrons. The van der Waals surface area contributed by atoms with Gasteiger partial charge in [0.15, 0.2) is 17.9 Å². The molecule has 4 fully saturated rings. The third-order valence-corrected chi connectivity index (χ3v) is 10.7. The number of allylic oxidation sites excluding steroid dienone is 4. The summed E-state index contributed by atoms with van der Waals surface area (Å²) in [7, 11) is 0. The zero-order valence-electron chi connectivity index (χ0n) is 22.1. The highest BCUT2D eigenvalue weighted by atomic mass is 16.7. The summed E-state index contributed by atoms with van der Waals surface area (Å²) in [5, 5.41) is 63.3. The first-order valence-electron chi connectivity index (χ1n) is 13.6. The second-order valence-electron chi connectivity index (χ2n) is 12.5. The number of aliphatic hydroxyl groups is 6. The molecular weight excluding hydrogens is 496 g/mol. The van der Waals surface area contributed by atoms with Crippen LogP contribution in [-0.2, 0) is 19.1 Å². The number of hydrogen-bond acceptors (Lipinski definition) is 10. The van der Waals surface area contributed by atoms with Crippen LogP contribution in [0, 0.1) is 34.5 Å². The molecule has 0 aromatic carbocycles. The number of Topliss-reactive ketones (excluding diaryl/α,β-unsaturated/α-hetero) is 1. The van der Waals surface area contributed by atoms with E-state index in [1.807, 2.05) is 19.9 Å². The molecule has 5 aliphatic rings. The first kappa shape index (κ1) is 28.0. The van der Waals surface area contributed by atoms with Gasteiger partial charge >= 0.3 is 0 Å². The van der Waals surface area contributed by atoms with Crippen molar-refractivity contribution < 1.29 is 49.7 Å². The van der Waals surface area contributed by atoms with Crippen molar-refractivity contribution in [1.82, 2.24) is 0 Å². The molecule has 0 aromatic rings. The Morgan fingerprint density at radius 3 is 2.55 bits per heavy atom. The minimum atomic E-state index is -1.81. The molecule has 0 amide bonds. The number of carbonyl (C=O) groups excluding carboxylic acids is 2. The third-order valence-electron chi connectivity index (χ3n) is 10.7. The monoisotopic (exact) mass is 536 g/mol. The van der Waals surface area contributed by atoms with Crippen LogP contribution in [0.15, 0.2) is 23.8 Å². The number of fused-ring (bicyclic) bond motifs is 5. The van der Waals surface area contributed by atoms with E-state index in [9.17, 15) is 40.2 Å². The highest BCUT2D eigenvalue weighted by Gasteiger charge is 2.70. The molecule has 0 bridgehead atoms. The maximum absolute atomic E-state index is 13.7. The van der Waals surface area contributed by atoms with Gasteiger partial charge in [-0.1, -0.05) is 32.4 Å². The summed E-state index contributed by atoms with van der Waals surface area (Å²) in [5.74, 6) is -1.22. The van der Waals surface area contributed by atoms with Crippen molar-refractivity contribution in [1.29, 1.82) is 0 Å². The predicted molar refractivity (Wildman–Crippen MR) is 132 cm³/mol. The maximum atomic E-state index is 13.7. The Bertz CT molecular complexity index is 1040. The van der Waals surface area contributed by atoms with E-state index in [0.29, 0.717) is 12.8 Å². The van der Waals surface area contributed by atoms with Crippen LogP contribution in [0.25, 0.3) is 0 Å². The van der Waals surface area contributed by atoms with Gasteiger partial charge in [0.1, 0.15) is 36.6 Å². The summed E-state index contributed by atoms with van der Waals surface area (Å²) in [6, 6.07) is 0. The Morgan fingerprint density at radius 1 is 1.16 bits per heavy atom. The van der Waals surface area contributed by atoms with E-state index >= 15 is 0 Å². The van der Waals surface area contributed by atoms with E-state index in [1.165, 1.54) is 0 Å². The smallest absolute Gasteiger partial charge is 0.190 e. The van der Waals surface area contributed by atoms with Crippen LogP contribution in [0.5, 0.6) is 0 Å². The Hall–Kier alpha value is -1.50. The highest BCUT2D eigenvalue weighted by molar-refractivity contribution is 6.01. The molecule has 1 aliphatic heterocycles. The van der Waals surface area contributed by atoms with Gasteiger partial charge in [-0.05, 0) is 55.6 Å². The lowest BCUT2D eigenvalue weighted by Crippen LogP contribution is -2.63. The van der Waals surface area contributed by atoms with E-state index in [1.54, 1.807) is 12.2 Å². The lowest BCUT2D eigenvalue weighted by molar-refractivity contribution is -0.300. The maximum Gasteiger partial charge on any atom is 0.190 e. The quantitative estimate of drug-likeness (QED) is 0.272. The van der Waals surface area contributed by atoms with Crippen LogP contribution >= 0.6 is 0 Å². The fourth-order valence-corrected chi connectivity index (χ4v) is 8.73. The Morgan fingerprint density at radius 2 is 1.87 bits per heavy atom. The first-order valence-corrected chi connectivity index (χ1v) is 13.6. The van der Waals surface area contributed by atoms with Gasteiger partial charge in [0, 0.05) is 16.7 Å². The SMILES string of the molecule is CC1CC2C3CCC4=CC(=O)C=CC4(C)C3C(O)CC2(C)C1(O)C(=O)COC1OC(CO)C(O)C(O)C1O. The fraction of sp³-hybridized carbons (Fsp3) is 0.786. The van der Waals surface area contributed by atoms with E-state index in [-0.39, 0.29) is 30.0 Å². The van der Waals surface area contributed by atoms with Crippen molar-refractivity contribution in [2.75, 3.05) is 13.2 Å². The molecule has 3 saturated carbocycles. The van der Waals surface area contributed by atoms with Crippen molar-refractivity contribution in [2.24, 2.45) is 34.5 Å². The highest BCUT2D eigenvalue weighted by Crippen LogP contribution is 2.68. The second-order valence-corrected chi connectivity index (χ2v) is 12.5. The van der Waals surface area contributed by atoms with E-state index in [0.717, 1.165) is 12.0 Å². The van der Waals surface area contributed by atoms with Gasteiger partial charge in [-0.2, -0.15) is 0 Å². The molecule has 5 rings (SSSR count). The van der Waals surface area contributed by atoms with Gasteiger partial charge < -0.3 is 40.1 Å². The first-order chi connectivity index (χ1) is 17.8. The number of hydrogen-bond donors (Lipinski definition) is 6. The van der Waals surface area contributed by atoms with Crippen LogP contribution in [0.2, 0.25) is 0 Å². The van der Waals surface area contributed by atoms with E-state index in [4.69, 9.17) is 9.47 Å². The van der Waals surface area contributed by atoms with Crippen LogP contribution in [0.4, 0.5) is 0 Å². The standard InChI is InChI=1S/C28H40O10/c1-13-8-17-16-5-4-14-9-15(30)6-7-26(14,2)21(16)18(31)10-27(17,3)28(13,36)20(32)12-37-25-24(35)23(34)22(33)19(11-29)38-25/h6-7,9,13,16-19,21-25,29,31,33-36H,4-5,8,10-12H2,1-3H3. The fourth-order valence-electron chi connectivity index (χ4n) is 8.73. The Balaban J connectivity index is 1.37. The summed E-state index contributed by atoms with van der Waals surface area (Å²) < 4.78 is 10.9. The molecule has 6 N–H and O–H groups in total. The number of ketones is 2. The van der Waals surface area contributed by atoms with E-state index < -0.39 is 78.2 Å². The molecule has 1 heterocycles. The molecule has 10 heteroatoms. The van der Waals surface area contributed by atoms with Crippen LogP contribution in [0.3, 0.4) is 0 Å². The molecule has 38 heavy (non-hydrogen) atoms. The molecule has 0 spiro atoms. The molecule has 13 atom stereocenters. The van der Waals surface area contributed by atoms with Crippen molar-refractivity contribution in [2.45, 2.75) is 88.9 Å². The number of ether oxygens (including phenoxy) is 2. The van der Waals surface area contributed by atoms with Crippen LogP contribution in [-0.4, -0.2) is 97.8 Å². The van der Waals surface area contributed by atoms with Gasteiger partial charge in [-0.3, -0.25) is 9.59 Å².